The molecular formula is C25H44O2. The van der Waals surface area contributed by atoms with Gasteiger partial charge in [-0.3, -0.25) is 0 Å². The Labute approximate surface area is 167 Å². The minimum Gasteiger partial charge on any atom is -0.392 e. The lowest BCUT2D eigenvalue weighted by Crippen LogP contribution is -2.62. The van der Waals surface area contributed by atoms with Gasteiger partial charge in [-0.15, -0.1) is 0 Å². The standard InChI is InChI=1S/C25H44O2/c1-18(12-17-26)8-9-21-24(5)15-10-19-22(2,3)13-7-14-23(19,4)20(24)11-16-25(21,6)27/h12,19-21,26-27H,7-11,13-17H2,1-6H3/b18-12-/t19-,20+,21+,23+,24-,25+/m1/s1. The summed E-state index contributed by atoms with van der Waals surface area (Å²) in [5.74, 6) is 1.92. The van der Waals surface area contributed by atoms with Crippen molar-refractivity contribution >= 4 is 0 Å². The van der Waals surface area contributed by atoms with Crippen LogP contribution < -0.4 is 0 Å². The highest BCUT2D eigenvalue weighted by Crippen LogP contribution is 2.70. The Kier molecular flexibility index (Phi) is 5.67. The van der Waals surface area contributed by atoms with Crippen molar-refractivity contribution in [3.63, 3.8) is 0 Å². The summed E-state index contributed by atoms with van der Waals surface area (Å²) in [6.07, 6.45) is 12.8. The van der Waals surface area contributed by atoms with Crippen LogP contribution in [-0.4, -0.2) is 22.4 Å². The SMILES string of the molecule is C/C(=C/CO)CC[C@H]1[C@]2(C)CC[C@@H]3C(C)(C)CCC[C@]3(C)[C@@H]2CC[C@]1(C)O. The lowest BCUT2D eigenvalue weighted by atomic mass is 9.38. The molecule has 3 aliphatic carbocycles. The fourth-order valence-electron chi connectivity index (χ4n) is 8.35. The van der Waals surface area contributed by atoms with Crippen LogP contribution in [0.3, 0.4) is 0 Å². The average Bonchev–Trinajstić information content (AvgIpc) is 2.52. The minimum atomic E-state index is -0.557. The Morgan fingerprint density at radius 2 is 1.59 bits per heavy atom. The molecule has 0 aromatic heterocycles. The van der Waals surface area contributed by atoms with E-state index >= 15 is 0 Å². The molecule has 3 saturated carbocycles. The van der Waals surface area contributed by atoms with Gasteiger partial charge in [0, 0.05) is 0 Å². The summed E-state index contributed by atoms with van der Waals surface area (Å²) in [4.78, 5) is 0. The Hall–Kier alpha value is -0.340. The van der Waals surface area contributed by atoms with Crippen molar-refractivity contribution in [2.75, 3.05) is 6.61 Å². The molecule has 156 valence electrons. The number of hydrogen-bond acceptors (Lipinski definition) is 2. The largest absolute Gasteiger partial charge is 0.392 e. The van der Waals surface area contributed by atoms with Crippen LogP contribution >= 0.6 is 0 Å². The molecule has 27 heavy (non-hydrogen) atoms. The summed E-state index contributed by atoms with van der Waals surface area (Å²) in [7, 11) is 0. The molecule has 0 unspecified atom stereocenters. The maximum absolute atomic E-state index is 11.4. The smallest absolute Gasteiger partial charge is 0.0653 e. The topological polar surface area (TPSA) is 40.5 Å². The molecule has 0 aliphatic heterocycles. The van der Waals surface area contributed by atoms with Gasteiger partial charge in [-0.25, -0.2) is 0 Å². The van der Waals surface area contributed by atoms with Crippen molar-refractivity contribution in [1.29, 1.82) is 0 Å². The Bertz CT molecular complexity index is 575. The lowest BCUT2D eigenvalue weighted by molar-refractivity contribution is -0.211. The second-order valence-electron chi connectivity index (χ2n) is 11.7. The number of aliphatic hydroxyl groups is 2. The molecule has 0 saturated heterocycles. The molecule has 2 heteroatoms. The van der Waals surface area contributed by atoms with E-state index < -0.39 is 5.60 Å². The second kappa shape index (κ2) is 7.17. The predicted molar refractivity (Wildman–Crippen MR) is 113 cm³/mol. The molecule has 3 rings (SSSR count). The molecule has 0 aromatic carbocycles. The number of rotatable bonds is 4. The molecule has 3 aliphatic rings. The van der Waals surface area contributed by atoms with Crippen LogP contribution in [-0.2, 0) is 0 Å². The fraction of sp³-hybridized carbons (Fsp3) is 0.920. The molecule has 0 amide bonds. The van der Waals surface area contributed by atoms with Crippen molar-refractivity contribution in [3.8, 4) is 0 Å². The molecule has 0 spiro atoms. The number of fused-ring (bicyclic) bond motifs is 3. The van der Waals surface area contributed by atoms with Crippen LogP contribution in [0.4, 0.5) is 0 Å². The van der Waals surface area contributed by atoms with Crippen LogP contribution in [0.1, 0.15) is 99.3 Å². The van der Waals surface area contributed by atoms with Gasteiger partial charge in [0.05, 0.1) is 12.2 Å². The van der Waals surface area contributed by atoms with E-state index in [0.717, 1.165) is 31.1 Å². The second-order valence-corrected chi connectivity index (χ2v) is 11.7. The van der Waals surface area contributed by atoms with Gasteiger partial charge < -0.3 is 10.2 Å². The van der Waals surface area contributed by atoms with E-state index in [2.05, 4.69) is 41.5 Å². The molecule has 2 nitrogen and oxygen atoms in total. The van der Waals surface area contributed by atoms with E-state index in [4.69, 9.17) is 0 Å². The van der Waals surface area contributed by atoms with Crippen molar-refractivity contribution < 1.29 is 10.2 Å². The Morgan fingerprint density at radius 1 is 0.926 bits per heavy atom. The number of allylic oxidation sites excluding steroid dienone is 1. The first kappa shape index (κ1) is 21.4. The van der Waals surface area contributed by atoms with Crippen LogP contribution in [0.2, 0.25) is 0 Å². The van der Waals surface area contributed by atoms with E-state index in [1.165, 1.54) is 44.1 Å². The molecule has 0 heterocycles. The summed E-state index contributed by atoms with van der Waals surface area (Å²) in [6, 6.07) is 0. The lowest BCUT2D eigenvalue weighted by Gasteiger charge is -2.67. The van der Waals surface area contributed by atoms with Crippen LogP contribution in [0.25, 0.3) is 0 Å². The third-order valence-corrected chi connectivity index (χ3v) is 9.59. The maximum atomic E-state index is 11.4. The highest BCUT2D eigenvalue weighted by atomic mass is 16.3. The third kappa shape index (κ3) is 3.54. The molecule has 0 aromatic rings. The normalized spacial score (nSPS) is 47.3. The molecule has 0 bridgehead atoms. The summed E-state index contributed by atoms with van der Waals surface area (Å²) in [6.45, 7) is 14.5. The van der Waals surface area contributed by atoms with Crippen LogP contribution in [0, 0.1) is 34.0 Å². The highest BCUT2D eigenvalue weighted by molar-refractivity contribution is 5.13. The third-order valence-electron chi connectivity index (χ3n) is 9.59. The molecular weight excluding hydrogens is 332 g/mol. The van der Waals surface area contributed by atoms with Gasteiger partial charge in [-0.1, -0.05) is 45.8 Å². The first-order valence-electron chi connectivity index (χ1n) is 11.5. The van der Waals surface area contributed by atoms with Crippen molar-refractivity contribution in [1.82, 2.24) is 0 Å². The van der Waals surface area contributed by atoms with Crippen molar-refractivity contribution in [3.05, 3.63) is 11.6 Å². The Balaban J connectivity index is 1.91. The maximum Gasteiger partial charge on any atom is 0.0653 e. The van der Waals surface area contributed by atoms with Crippen molar-refractivity contribution in [2.45, 2.75) is 105 Å². The van der Waals surface area contributed by atoms with Gasteiger partial charge in [0.1, 0.15) is 0 Å². The first-order chi connectivity index (χ1) is 12.5. The van der Waals surface area contributed by atoms with Gasteiger partial charge in [0.15, 0.2) is 0 Å². The first-order valence-corrected chi connectivity index (χ1v) is 11.5. The van der Waals surface area contributed by atoms with Gasteiger partial charge in [-0.2, -0.15) is 0 Å². The number of hydrogen-bond donors (Lipinski definition) is 2. The monoisotopic (exact) mass is 376 g/mol. The van der Waals surface area contributed by atoms with E-state index in [1.54, 1.807) is 0 Å². The average molecular weight is 377 g/mol. The van der Waals surface area contributed by atoms with E-state index in [9.17, 15) is 10.2 Å². The zero-order valence-corrected chi connectivity index (χ0v) is 18.8. The van der Waals surface area contributed by atoms with Gasteiger partial charge in [0.25, 0.3) is 0 Å². The summed E-state index contributed by atoms with van der Waals surface area (Å²) in [5, 5.41) is 20.6. The molecule has 6 atom stereocenters. The predicted octanol–water partition coefficient (Wildman–Crippen LogP) is 6.12. The van der Waals surface area contributed by atoms with Gasteiger partial charge in [0.2, 0.25) is 0 Å². The Morgan fingerprint density at radius 3 is 2.26 bits per heavy atom. The zero-order chi connectivity index (χ0) is 20.1. The summed E-state index contributed by atoms with van der Waals surface area (Å²) < 4.78 is 0. The molecule has 2 N–H and O–H groups in total. The minimum absolute atomic E-state index is 0.127. The van der Waals surface area contributed by atoms with E-state index in [0.29, 0.717) is 16.7 Å². The highest BCUT2D eigenvalue weighted by Gasteiger charge is 2.63. The summed E-state index contributed by atoms with van der Waals surface area (Å²) in [5.41, 5.74) is 1.83. The van der Waals surface area contributed by atoms with Crippen LogP contribution in [0.5, 0.6) is 0 Å². The van der Waals surface area contributed by atoms with E-state index in [-0.39, 0.29) is 12.0 Å². The van der Waals surface area contributed by atoms with Crippen LogP contribution in [0.15, 0.2) is 11.6 Å². The van der Waals surface area contributed by atoms with Gasteiger partial charge in [-0.05, 0) is 99.2 Å². The number of aliphatic hydroxyl groups excluding tert-OH is 1. The summed E-state index contributed by atoms with van der Waals surface area (Å²) >= 11 is 0. The van der Waals surface area contributed by atoms with E-state index in [1.807, 2.05) is 6.08 Å². The fourth-order valence-corrected chi connectivity index (χ4v) is 8.35. The molecule has 0 radical (unpaired) electrons. The quantitative estimate of drug-likeness (QED) is 0.581. The van der Waals surface area contributed by atoms with Gasteiger partial charge >= 0.3 is 0 Å². The van der Waals surface area contributed by atoms with Crippen molar-refractivity contribution in [2.24, 2.45) is 34.0 Å². The zero-order valence-electron chi connectivity index (χ0n) is 18.8. The molecule has 3 fully saturated rings.